The van der Waals surface area contributed by atoms with Crippen LogP contribution in [0.3, 0.4) is 0 Å². The lowest BCUT2D eigenvalue weighted by Gasteiger charge is -2.02. The van der Waals surface area contributed by atoms with E-state index in [1.165, 1.54) is 10.7 Å². The van der Waals surface area contributed by atoms with Gasteiger partial charge in [0.05, 0.1) is 12.8 Å². The van der Waals surface area contributed by atoms with Crippen molar-refractivity contribution in [3.8, 4) is 22.8 Å². The molecule has 0 spiro atoms. The van der Waals surface area contributed by atoms with E-state index in [4.69, 9.17) is 4.74 Å². The minimum atomic E-state index is -1.06. The number of nitrogens with zero attached hydrogens (tertiary/aromatic N) is 3. The lowest BCUT2D eigenvalue weighted by Crippen LogP contribution is -2.08. The fourth-order valence-electron chi connectivity index (χ4n) is 2.09. The number of hydrogen-bond donors (Lipinski definition) is 1. The molecule has 22 heavy (non-hydrogen) atoms. The van der Waals surface area contributed by atoms with Gasteiger partial charge in [0, 0.05) is 11.8 Å². The van der Waals surface area contributed by atoms with Gasteiger partial charge in [-0.15, -0.1) is 0 Å². The van der Waals surface area contributed by atoms with Crippen LogP contribution in [0, 0.1) is 0 Å². The van der Waals surface area contributed by atoms with E-state index in [0.29, 0.717) is 11.5 Å². The molecule has 6 nitrogen and oxygen atoms in total. The van der Waals surface area contributed by atoms with Crippen molar-refractivity contribution in [1.29, 1.82) is 0 Å². The maximum atomic E-state index is 11.4. The quantitative estimate of drug-likeness (QED) is 0.800. The highest BCUT2D eigenvalue weighted by Crippen LogP contribution is 2.23. The Kier molecular flexibility index (Phi) is 3.57. The Morgan fingerprint density at radius 3 is 2.55 bits per heavy atom. The lowest BCUT2D eigenvalue weighted by atomic mass is 10.1. The molecule has 3 rings (SSSR count). The fourth-order valence-corrected chi connectivity index (χ4v) is 2.09. The average molecular weight is 295 g/mol. The molecule has 3 aromatic rings. The molecule has 0 aliphatic heterocycles. The summed E-state index contributed by atoms with van der Waals surface area (Å²) in [7, 11) is 1.59. The van der Waals surface area contributed by atoms with E-state index in [9.17, 15) is 9.90 Å². The third kappa shape index (κ3) is 2.54. The summed E-state index contributed by atoms with van der Waals surface area (Å²) >= 11 is 0. The fraction of sp³-hybridized carbons (Fsp3) is 0.0625. The van der Waals surface area contributed by atoms with E-state index in [1.807, 2.05) is 12.1 Å². The highest BCUT2D eigenvalue weighted by atomic mass is 16.5. The van der Waals surface area contributed by atoms with Crippen molar-refractivity contribution in [2.75, 3.05) is 7.11 Å². The lowest BCUT2D eigenvalue weighted by molar-refractivity contribution is 0.0687. The first kappa shape index (κ1) is 13.8. The van der Waals surface area contributed by atoms with Crippen molar-refractivity contribution in [1.82, 2.24) is 14.8 Å². The van der Waals surface area contributed by atoms with E-state index in [1.54, 1.807) is 43.6 Å². The Balaban J connectivity index is 2.08. The summed E-state index contributed by atoms with van der Waals surface area (Å²) in [6, 6.07) is 14.0. The molecular weight excluding hydrogens is 282 g/mol. The number of hydrogen-bond acceptors (Lipinski definition) is 4. The van der Waals surface area contributed by atoms with Crippen LogP contribution in [-0.4, -0.2) is 33.0 Å². The number of benzene rings is 1. The van der Waals surface area contributed by atoms with Gasteiger partial charge in [-0.1, -0.05) is 6.07 Å². The summed E-state index contributed by atoms with van der Waals surface area (Å²) in [6.45, 7) is 0. The zero-order valence-electron chi connectivity index (χ0n) is 11.8. The molecule has 0 atom stereocenters. The van der Waals surface area contributed by atoms with Crippen molar-refractivity contribution in [3.05, 3.63) is 60.4 Å². The first-order valence-corrected chi connectivity index (χ1v) is 6.58. The third-order valence-electron chi connectivity index (χ3n) is 3.18. The molecule has 0 aliphatic rings. The minimum Gasteiger partial charge on any atom is -0.497 e. The molecule has 0 fully saturated rings. The Hall–Kier alpha value is -3.15. The number of carboxylic acid groups (broad SMARTS) is 1. The SMILES string of the molecule is COc1ccc(-c2cc(C(=O)O)n(-c3ccccn3)n2)cc1. The van der Waals surface area contributed by atoms with Gasteiger partial charge in [-0.2, -0.15) is 5.10 Å². The molecule has 2 heterocycles. The molecule has 0 unspecified atom stereocenters. The first-order chi connectivity index (χ1) is 10.7. The highest BCUT2D eigenvalue weighted by molar-refractivity contribution is 5.88. The molecule has 1 aromatic carbocycles. The van der Waals surface area contributed by atoms with Crippen molar-refractivity contribution in [2.45, 2.75) is 0 Å². The summed E-state index contributed by atoms with van der Waals surface area (Å²) in [5.74, 6) is 0.129. The van der Waals surface area contributed by atoms with Crippen molar-refractivity contribution in [2.24, 2.45) is 0 Å². The van der Waals surface area contributed by atoms with Gasteiger partial charge < -0.3 is 9.84 Å². The summed E-state index contributed by atoms with van der Waals surface area (Å²) in [6.07, 6.45) is 1.59. The number of rotatable bonds is 4. The molecule has 0 bridgehead atoms. The minimum absolute atomic E-state index is 0.0597. The topological polar surface area (TPSA) is 77.2 Å². The van der Waals surface area contributed by atoms with Crippen LogP contribution in [0.15, 0.2) is 54.7 Å². The second-order valence-corrected chi connectivity index (χ2v) is 4.55. The molecule has 6 heteroatoms. The Labute approximate surface area is 126 Å². The van der Waals surface area contributed by atoms with Crippen molar-refractivity contribution in [3.63, 3.8) is 0 Å². The molecule has 0 amide bonds. The predicted molar refractivity (Wildman–Crippen MR) is 80.3 cm³/mol. The van der Waals surface area contributed by atoms with Gasteiger partial charge in [-0.25, -0.2) is 14.5 Å². The number of ether oxygens (including phenoxy) is 1. The van der Waals surface area contributed by atoms with Crippen molar-refractivity contribution >= 4 is 5.97 Å². The summed E-state index contributed by atoms with van der Waals surface area (Å²) in [4.78, 5) is 15.6. The second kappa shape index (κ2) is 5.69. The first-order valence-electron chi connectivity index (χ1n) is 6.58. The Morgan fingerprint density at radius 1 is 1.18 bits per heavy atom. The van der Waals surface area contributed by atoms with Gasteiger partial charge in [0.25, 0.3) is 0 Å². The van der Waals surface area contributed by atoms with Crippen LogP contribution in [0.5, 0.6) is 5.75 Å². The van der Waals surface area contributed by atoms with Crippen molar-refractivity contribution < 1.29 is 14.6 Å². The molecule has 0 aliphatic carbocycles. The number of aromatic nitrogens is 3. The summed E-state index contributed by atoms with van der Waals surface area (Å²) < 4.78 is 6.43. The zero-order chi connectivity index (χ0) is 15.5. The Bertz CT molecular complexity index is 795. The second-order valence-electron chi connectivity index (χ2n) is 4.55. The predicted octanol–water partition coefficient (Wildman–Crippen LogP) is 2.64. The van der Waals surface area contributed by atoms with Gasteiger partial charge in [0.2, 0.25) is 0 Å². The van der Waals surface area contributed by atoms with Gasteiger partial charge in [0.15, 0.2) is 11.5 Å². The summed E-state index contributed by atoms with van der Waals surface area (Å²) in [5, 5.41) is 13.7. The van der Waals surface area contributed by atoms with Crippen LogP contribution in [0.1, 0.15) is 10.5 Å². The van der Waals surface area contributed by atoms with E-state index in [-0.39, 0.29) is 5.69 Å². The monoisotopic (exact) mass is 295 g/mol. The molecular formula is C16H13N3O3. The molecule has 0 saturated heterocycles. The van der Waals surface area contributed by atoms with E-state index in [2.05, 4.69) is 10.1 Å². The largest absolute Gasteiger partial charge is 0.497 e. The van der Waals surface area contributed by atoms with E-state index in [0.717, 1.165) is 11.3 Å². The normalized spacial score (nSPS) is 10.4. The highest BCUT2D eigenvalue weighted by Gasteiger charge is 2.17. The van der Waals surface area contributed by atoms with Crippen LogP contribution >= 0.6 is 0 Å². The van der Waals surface area contributed by atoms with E-state index < -0.39 is 5.97 Å². The zero-order valence-corrected chi connectivity index (χ0v) is 11.8. The smallest absolute Gasteiger partial charge is 0.354 e. The van der Waals surface area contributed by atoms with Gasteiger partial charge in [-0.05, 0) is 42.5 Å². The summed E-state index contributed by atoms with van der Waals surface area (Å²) in [5.41, 5.74) is 1.42. The van der Waals surface area contributed by atoms with Crippen LogP contribution < -0.4 is 4.74 Å². The molecule has 110 valence electrons. The number of carboxylic acids is 1. The average Bonchev–Trinajstić information content (AvgIpc) is 3.01. The number of pyridine rings is 1. The molecule has 0 radical (unpaired) electrons. The molecule has 0 saturated carbocycles. The van der Waals surface area contributed by atoms with E-state index >= 15 is 0 Å². The van der Waals surface area contributed by atoms with Gasteiger partial charge in [-0.3, -0.25) is 0 Å². The number of aromatic carboxylic acids is 1. The molecule has 2 aromatic heterocycles. The number of methoxy groups -OCH3 is 1. The van der Waals surface area contributed by atoms with Crippen LogP contribution in [0.25, 0.3) is 17.1 Å². The third-order valence-corrected chi connectivity index (χ3v) is 3.18. The van der Waals surface area contributed by atoms with Gasteiger partial charge in [0.1, 0.15) is 5.75 Å². The maximum absolute atomic E-state index is 11.4. The standard InChI is InChI=1S/C16H13N3O3/c1-22-12-7-5-11(6-8-12)13-10-14(16(20)21)19(18-13)15-4-2-3-9-17-15/h2-10H,1H3,(H,20,21). The maximum Gasteiger partial charge on any atom is 0.354 e. The van der Waals surface area contributed by atoms with Gasteiger partial charge >= 0.3 is 5.97 Å². The molecule has 1 N–H and O–H groups in total. The Morgan fingerprint density at radius 2 is 1.95 bits per heavy atom. The van der Waals surface area contributed by atoms with Crippen LogP contribution in [0.2, 0.25) is 0 Å². The number of carbonyl (C=O) groups is 1. The van der Waals surface area contributed by atoms with Crippen LogP contribution in [0.4, 0.5) is 0 Å². The van der Waals surface area contributed by atoms with Crippen LogP contribution in [-0.2, 0) is 0 Å².